The third-order valence-electron chi connectivity index (χ3n) is 3.58. The van der Waals surface area contributed by atoms with Crippen molar-refractivity contribution in [3.8, 4) is 0 Å². The number of hydrogen-bond acceptors (Lipinski definition) is 4. The molecule has 0 saturated carbocycles. The molecule has 0 bridgehead atoms. The Bertz CT molecular complexity index is 401. The highest BCUT2D eigenvalue weighted by Gasteiger charge is 2.15. The number of allylic oxidation sites excluding steroid dienone is 2. The van der Waals surface area contributed by atoms with Crippen molar-refractivity contribution < 1.29 is 0 Å². The van der Waals surface area contributed by atoms with Crippen molar-refractivity contribution in [3.63, 3.8) is 0 Å². The number of rotatable bonds is 2. The van der Waals surface area contributed by atoms with Crippen LogP contribution in [0.2, 0.25) is 0 Å². The number of amidine groups is 2. The predicted octanol–water partition coefficient (Wildman–Crippen LogP) is 1.42. The summed E-state index contributed by atoms with van der Waals surface area (Å²) in [5.41, 5.74) is 2.70. The summed E-state index contributed by atoms with van der Waals surface area (Å²) in [5, 5.41) is 6.73. The fraction of sp³-hybridized carbons (Fsp3) is 0.571. The van der Waals surface area contributed by atoms with Crippen LogP contribution < -0.4 is 10.6 Å². The maximum absolute atomic E-state index is 4.52. The Morgan fingerprint density at radius 2 is 1.28 bits per heavy atom. The van der Waals surface area contributed by atoms with Crippen LogP contribution in [0.5, 0.6) is 0 Å². The number of aliphatic imine (C=N–C) groups is 2. The fourth-order valence-electron chi connectivity index (χ4n) is 2.62. The molecule has 0 saturated heterocycles. The predicted molar refractivity (Wildman–Crippen MR) is 75.2 cm³/mol. The minimum Gasteiger partial charge on any atom is -0.368 e. The highest BCUT2D eigenvalue weighted by atomic mass is 15.1. The van der Waals surface area contributed by atoms with Gasteiger partial charge in [-0.3, -0.25) is 9.98 Å². The van der Waals surface area contributed by atoms with Gasteiger partial charge in [-0.05, 0) is 36.8 Å². The first-order chi connectivity index (χ1) is 8.93. The number of hydrogen-bond donors (Lipinski definition) is 2. The standard InChI is InChI=1S/C14H20N4/c1-2-4-12(14-17-9-10-18-14)6-5-11(3-1)13-15-7-8-16-13/h5-6H,1-4,7-10H2,(H,15,16)(H,17,18)/b11-5+,12-6?. The fourth-order valence-corrected chi connectivity index (χ4v) is 2.62. The van der Waals surface area contributed by atoms with Gasteiger partial charge < -0.3 is 10.6 Å². The molecule has 4 heteroatoms. The van der Waals surface area contributed by atoms with Gasteiger partial charge in [-0.25, -0.2) is 0 Å². The second kappa shape index (κ2) is 5.38. The Balaban J connectivity index is 1.82. The molecule has 4 nitrogen and oxygen atoms in total. The zero-order valence-electron chi connectivity index (χ0n) is 10.7. The van der Waals surface area contributed by atoms with Crippen LogP contribution in [0.1, 0.15) is 25.7 Å². The normalized spacial score (nSPS) is 26.9. The molecular weight excluding hydrogens is 224 g/mol. The van der Waals surface area contributed by atoms with Crippen LogP contribution in [0.4, 0.5) is 0 Å². The van der Waals surface area contributed by atoms with Gasteiger partial charge in [0.15, 0.2) is 0 Å². The highest BCUT2D eigenvalue weighted by Crippen LogP contribution is 2.20. The van der Waals surface area contributed by atoms with Crippen LogP contribution >= 0.6 is 0 Å². The van der Waals surface area contributed by atoms with E-state index >= 15 is 0 Å². The molecule has 0 radical (unpaired) electrons. The lowest BCUT2D eigenvalue weighted by Crippen LogP contribution is -2.22. The van der Waals surface area contributed by atoms with Crippen LogP contribution in [0, 0.1) is 0 Å². The van der Waals surface area contributed by atoms with Gasteiger partial charge in [0.05, 0.1) is 13.1 Å². The molecule has 3 aliphatic rings. The summed E-state index contributed by atoms with van der Waals surface area (Å²) in [6.45, 7) is 3.80. The summed E-state index contributed by atoms with van der Waals surface area (Å²) in [6, 6.07) is 0. The SMILES string of the molecule is C1=C(C2=NCCN2)CCCC/C(C2=NCCN2)=C\1. The highest BCUT2D eigenvalue weighted by molar-refractivity contribution is 6.01. The zero-order chi connectivity index (χ0) is 12.2. The summed E-state index contributed by atoms with van der Waals surface area (Å²) in [7, 11) is 0. The van der Waals surface area contributed by atoms with E-state index in [9.17, 15) is 0 Å². The molecule has 2 N–H and O–H groups in total. The summed E-state index contributed by atoms with van der Waals surface area (Å²) >= 11 is 0. The minimum atomic E-state index is 0.914. The maximum Gasteiger partial charge on any atom is 0.124 e. The third kappa shape index (κ3) is 2.47. The van der Waals surface area contributed by atoms with Crippen LogP contribution in [0.3, 0.4) is 0 Å². The molecule has 0 amide bonds. The molecule has 2 aliphatic heterocycles. The second-order valence-corrected chi connectivity index (χ2v) is 4.91. The third-order valence-corrected chi connectivity index (χ3v) is 3.58. The first kappa shape index (κ1) is 11.5. The van der Waals surface area contributed by atoms with Crippen LogP contribution in [-0.4, -0.2) is 37.9 Å². The molecule has 3 rings (SSSR count). The van der Waals surface area contributed by atoms with Crippen molar-refractivity contribution in [2.24, 2.45) is 9.98 Å². The van der Waals surface area contributed by atoms with E-state index in [1.165, 1.54) is 24.0 Å². The first-order valence-corrected chi connectivity index (χ1v) is 6.90. The lowest BCUT2D eigenvalue weighted by molar-refractivity contribution is 0.736. The van der Waals surface area contributed by atoms with Crippen molar-refractivity contribution >= 4 is 11.7 Å². The van der Waals surface area contributed by atoms with Gasteiger partial charge in [-0.2, -0.15) is 0 Å². The van der Waals surface area contributed by atoms with E-state index in [1.54, 1.807) is 0 Å². The van der Waals surface area contributed by atoms with Gasteiger partial charge >= 0.3 is 0 Å². The Hall–Kier alpha value is -1.58. The largest absolute Gasteiger partial charge is 0.368 e. The molecule has 0 aromatic rings. The van der Waals surface area contributed by atoms with Crippen LogP contribution in [0.25, 0.3) is 0 Å². The van der Waals surface area contributed by atoms with E-state index in [4.69, 9.17) is 0 Å². The molecule has 0 unspecified atom stereocenters. The van der Waals surface area contributed by atoms with Crippen molar-refractivity contribution in [2.75, 3.05) is 26.2 Å². The van der Waals surface area contributed by atoms with Gasteiger partial charge in [0.1, 0.15) is 11.7 Å². The van der Waals surface area contributed by atoms with E-state index in [1.807, 2.05) is 0 Å². The quantitative estimate of drug-likeness (QED) is 0.771. The summed E-state index contributed by atoms with van der Waals surface area (Å²) in [6.07, 6.45) is 9.20. The van der Waals surface area contributed by atoms with Gasteiger partial charge in [0, 0.05) is 13.1 Å². The average Bonchev–Trinajstić information content (AvgIpc) is 3.01. The smallest absolute Gasteiger partial charge is 0.124 e. The Labute approximate surface area is 108 Å². The Morgan fingerprint density at radius 3 is 1.67 bits per heavy atom. The van der Waals surface area contributed by atoms with Crippen LogP contribution in [-0.2, 0) is 0 Å². The molecule has 1 aliphatic carbocycles. The Morgan fingerprint density at radius 1 is 0.778 bits per heavy atom. The summed E-state index contributed by atoms with van der Waals surface area (Å²) in [5.74, 6) is 2.21. The lowest BCUT2D eigenvalue weighted by atomic mass is 9.98. The summed E-state index contributed by atoms with van der Waals surface area (Å²) < 4.78 is 0. The molecule has 0 spiro atoms. The summed E-state index contributed by atoms with van der Waals surface area (Å²) in [4.78, 5) is 9.03. The van der Waals surface area contributed by atoms with E-state index in [2.05, 4.69) is 32.8 Å². The van der Waals surface area contributed by atoms with E-state index in [0.29, 0.717) is 0 Å². The second-order valence-electron chi connectivity index (χ2n) is 4.91. The van der Waals surface area contributed by atoms with Crippen molar-refractivity contribution in [1.82, 2.24) is 10.6 Å². The molecule has 96 valence electrons. The van der Waals surface area contributed by atoms with Crippen molar-refractivity contribution in [1.29, 1.82) is 0 Å². The van der Waals surface area contributed by atoms with E-state index < -0.39 is 0 Å². The molecule has 0 aromatic heterocycles. The average molecular weight is 244 g/mol. The maximum atomic E-state index is 4.52. The first-order valence-electron chi connectivity index (χ1n) is 6.90. The van der Waals surface area contributed by atoms with Crippen molar-refractivity contribution in [2.45, 2.75) is 25.7 Å². The minimum absolute atomic E-state index is 0.914. The Kier molecular flexibility index (Phi) is 3.44. The molecule has 0 fully saturated rings. The van der Waals surface area contributed by atoms with E-state index in [0.717, 1.165) is 50.7 Å². The van der Waals surface area contributed by atoms with Gasteiger partial charge in [0.25, 0.3) is 0 Å². The topological polar surface area (TPSA) is 48.8 Å². The van der Waals surface area contributed by atoms with Gasteiger partial charge in [0.2, 0.25) is 0 Å². The molecule has 18 heavy (non-hydrogen) atoms. The molecule has 0 aromatic carbocycles. The number of nitrogens with zero attached hydrogens (tertiary/aromatic N) is 2. The monoisotopic (exact) mass is 244 g/mol. The zero-order valence-corrected chi connectivity index (χ0v) is 10.7. The molecule has 0 atom stereocenters. The van der Waals surface area contributed by atoms with Gasteiger partial charge in [-0.15, -0.1) is 0 Å². The van der Waals surface area contributed by atoms with Crippen molar-refractivity contribution in [3.05, 3.63) is 23.3 Å². The molecule has 2 heterocycles. The number of nitrogens with one attached hydrogen (secondary N) is 2. The van der Waals surface area contributed by atoms with Gasteiger partial charge in [-0.1, -0.05) is 12.2 Å². The van der Waals surface area contributed by atoms with Crippen LogP contribution in [0.15, 0.2) is 33.3 Å². The lowest BCUT2D eigenvalue weighted by Gasteiger charge is -2.13. The van der Waals surface area contributed by atoms with E-state index in [-0.39, 0.29) is 0 Å². The molecular formula is C14H20N4.